The highest BCUT2D eigenvalue weighted by molar-refractivity contribution is 5.73. The molecule has 6 nitrogen and oxygen atoms in total. The van der Waals surface area contributed by atoms with Crippen LogP contribution in [0.5, 0.6) is 0 Å². The van der Waals surface area contributed by atoms with Gasteiger partial charge in [-0.2, -0.15) is 18.3 Å². The molecule has 3 aromatic rings. The first kappa shape index (κ1) is 15.5. The van der Waals surface area contributed by atoms with Crippen LogP contribution in [-0.4, -0.2) is 31.7 Å². The van der Waals surface area contributed by atoms with E-state index in [0.717, 1.165) is 18.0 Å². The van der Waals surface area contributed by atoms with Crippen LogP contribution < -0.4 is 0 Å². The molecule has 0 atom stereocenters. The van der Waals surface area contributed by atoms with Crippen LogP contribution in [0.1, 0.15) is 17.3 Å². The zero-order valence-electron chi connectivity index (χ0n) is 12.5. The van der Waals surface area contributed by atoms with Crippen LogP contribution in [0, 0.1) is 0 Å². The molecule has 9 heteroatoms. The van der Waals surface area contributed by atoms with Crippen molar-refractivity contribution < 1.29 is 17.6 Å². The predicted molar refractivity (Wildman–Crippen MR) is 75.2 cm³/mol. The number of aryl methyl sites for hydroxylation is 1. The molecule has 122 valence electrons. The van der Waals surface area contributed by atoms with Gasteiger partial charge in [0.25, 0.3) is 0 Å². The van der Waals surface area contributed by atoms with E-state index in [2.05, 4.69) is 15.1 Å². The number of benzene rings is 1. The van der Waals surface area contributed by atoms with Gasteiger partial charge in [-0.25, -0.2) is 9.97 Å². The molecule has 0 aliphatic heterocycles. The Bertz CT molecular complexity index is 823. The summed E-state index contributed by atoms with van der Waals surface area (Å²) in [4.78, 5) is 10.1. The Morgan fingerprint density at radius 1 is 1.26 bits per heavy atom. The van der Waals surface area contributed by atoms with Crippen molar-refractivity contribution in [3.8, 4) is 0 Å². The first-order valence-electron chi connectivity index (χ1n) is 6.81. The van der Waals surface area contributed by atoms with Crippen molar-refractivity contribution in [2.24, 2.45) is 7.05 Å². The molecule has 3 rings (SSSR count). The Morgan fingerprint density at radius 3 is 2.70 bits per heavy atom. The molecule has 0 aliphatic rings. The van der Waals surface area contributed by atoms with Crippen LogP contribution in [0.2, 0.25) is 0 Å². The largest absolute Gasteiger partial charge is 0.439 e. The molecule has 0 bridgehead atoms. The zero-order chi connectivity index (χ0) is 16.6. The molecule has 0 amide bonds. The zero-order valence-corrected chi connectivity index (χ0v) is 12.5. The number of nitrogens with zero attached hydrogens (tertiary/aromatic N) is 5. The summed E-state index contributed by atoms with van der Waals surface area (Å²) in [5.74, 6) is 1.12. The second kappa shape index (κ2) is 5.65. The van der Waals surface area contributed by atoms with Gasteiger partial charge >= 0.3 is 6.18 Å². The van der Waals surface area contributed by atoms with Gasteiger partial charge in [-0.1, -0.05) is 0 Å². The van der Waals surface area contributed by atoms with E-state index in [1.165, 1.54) is 12.4 Å². The summed E-state index contributed by atoms with van der Waals surface area (Å²) in [6.45, 7) is 0.867. The van der Waals surface area contributed by atoms with Crippen LogP contribution in [-0.2, 0) is 26.3 Å². The van der Waals surface area contributed by atoms with Crippen LogP contribution in [0.25, 0.3) is 11.1 Å². The number of fused-ring (bicyclic) bond motifs is 1. The Morgan fingerprint density at radius 2 is 2.04 bits per heavy atom. The molecule has 0 spiro atoms. The number of hydrogen-bond acceptors (Lipinski definition) is 5. The quantitative estimate of drug-likeness (QED) is 0.738. The first-order chi connectivity index (χ1) is 10.8. The molecule has 0 fully saturated rings. The summed E-state index contributed by atoms with van der Waals surface area (Å²) in [6.07, 6.45) is -2.93. The second-order valence-corrected chi connectivity index (χ2v) is 5.26. The molecule has 0 unspecified atom stereocenters. The fraction of sp³-hybridized carbons (Fsp3) is 0.357. The maximum Gasteiger partial charge on any atom is 0.416 e. The van der Waals surface area contributed by atoms with E-state index in [1.54, 1.807) is 11.7 Å². The van der Waals surface area contributed by atoms with E-state index in [1.807, 2.05) is 11.9 Å². The van der Waals surface area contributed by atoms with Crippen molar-refractivity contribution in [2.45, 2.75) is 19.3 Å². The van der Waals surface area contributed by atoms with Gasteiger partial charge in [0.05, 0.1) is 18.7 Å². The molecule has 23 heavy (non-hydrogen) atoms. The fourth-order valence-electron chi connectivity index (χ4n) is 2.21. The molecular weight excluding hydrogens is 311 g/mol. The molecule has 0 saturated carbocycles. The molecule has 2 aromatic heterocycles. The first-order valence-corrected chi connectivity index (χ1v) is 6.81. The Labute approximate surface area is 129 Å². The summed E-state index contributed by atoms with van der Waals surface area (Å²) >= 11 is 0. The average molecular weight is 325 g/mol. The van der Waals surface area contributed by atoms with Crippen LogP contribution in [0.3, 0.4) is 0 Å². The maximum atomic E-state index is 12.7. The number of oxazole rings is 1. The Kier molecular flexibility index (Phi) is 3.80. The third kappa shape index (κ3) is 3.34. The SMILES string of the molecule is CN(Cc1nc2cc(C(F)(F)F)ccc2o1)Cc1ncnn1C. The minimum atomic E-state index is -4.39. The highest BCUT2D eigenvalue weighted by Gasteiger charge is 2.31. The van der Waals surface area contributed by atoms with Crippen LogP contribution in [0.4, 0.5) is 13.2 Å². The van der Waals surface area contributed by atoms with Gasteiger partial charge < -0.3 is 4.42 Å². The number of alkyl halides is 3. The minimum Gasteiger partial charge on any atom is -0.439 e. The van der Waals surface area contributed by atoms with Gasteiger partial charge in [-0.15, -0.1) is 0 Å². The summed E-state index contributed by atoms with van der Waals surface area (Å²) in [5, 5.41) is 3.98. The van der Waals surface area contributed by atoms with Crippen molar-refractivity contribution in [3.63, 3.8) is 0 Å². The smallest absolute Gasteiger partial charge is 0.416 e. The van der Waals surface area contributed by atoms with Crippen LogP contribution in [0.15, 0.2) is 28.9 Å². The monoisotopic (exact) mass is 325 g/mol. The van der Waals surface area contributed by atoms with Gasteiger partial charge in [0.15, 0.2) is 5.58 Å². The molecular formula is C14H14F3N5O. The van der Waals surface area contributed by atoms with E-state index in [4.69, 9.17) is 4.42 Å². The van der Waals surface area contributed by atoms with Crippen molar-refractivity contribution >= 4 is 11.1 Å². The number of aromatic nitrogens is 4. The summed E-state index contributed by atoms with van der Waals surface area (Å²) < 4.78 is 45.2. The van der Waals surface area contributed by atoms with E-state index in [9.17, 15) is 13.2 Å². The Balaban J connectivity index is 1.77. The lowest BCUT2D eigenvalue weighted by atomic mass is 10.2. The fourth-order valence-corrected chi connectivity index (χ4v) is 2.21. The van der Waals surface area contributed by atoms with E-state index >= 15 is 0 Å². The van der Waals surface area contributed by atoms with Crippen molar-refractivity contribution in [1.29, 1.82) is 0 Å². The number of rotatable bonds is 4. The highest BCUT2D eigenvalue weighted by Crippen LogP contribution is 2.31. The van der Waals surface area contributed by atoms with Crippen molar-refractivity contribution in [2.75, 3.05) is 7.05 Å². The van der Waals surface area contributed by atoms with Gasteiger partial charge in [0.2, 0.25) is 5.89 Å². The summed E-state index contributed by atoms with van der Waals surface area (Å²) in [5.41, 5.74) is -0.209. The molecule has 0 radical (unpaired) electrons. The molecule has 0 saturated heterocycles. The molecule has 0 aliphatic carbocycles. The minimum absolute atomic E-state index is 0.196. The third-order valence-corrected chi connectivity index (χ3v) is 3.38. The van der Waals surface area contributed by atoms with E-state index < -0.39 is 11.7 Å². The molecule has 1 aromatic carbocycles. The summed E-state index contributed by atoms with van der Waals surface area (Å²) in [7, 11) is 3.62. The van der Waals surface area contributed by atoms with Gasteiger partial charge in [0, 0.05) is 7.05 Å². The average Bonchev–Trinajstić information content (AvgIpc) is 3.03. The van der Waals surface area contributed by atoms with Gasteiger partial charge in [0.1, 0.15) is 17.7 Å². The Hall–Kier alpha value is -2.42. The lowest BCUT2D eigenvalue weighted by Crippen LogP contribution is -2.20. The standard InChI is InChI=1S/C14H14F3N5O/c1-21(6-12-18-8-19-22(12)2)7-13-20-10-5-9(14(15,16)17)3-4-11(10)23-13/h3-5,8H,6-7H2,1-2H3. The van der Waals surface area contributed by atoms with Crippen LogP contribution >= 0.6 is 0 Å². The molecule has 0 N–H and O–H groups in total. The second-order valence-electron chi connectivity index (χ2n) is 5.26. The van der Waals surface area contributed by atoms with Gasteiger partial charge in [-0.3, -0.25) is 9.58 Å². The maximum absolute atomic E-state index is 12.7. The van der Waals surface area contributed by atoms with E-state index in [-0.39, 0.29) is 5.52 Å². The van der Waals surface area contributed by atoms with E-state index in [0.29, 0.717) is 24.6 Å². The molecule has 2 heterocycles. The summed E-state index contributed by atoms with van der Waals surface area (Å²) in [6, 6.07) is 3.27. The van der Waals surface area contributed by atoms with Crippen molar-refractivity contribution in [1.82, 2.24) is 24.6 Å². The van der Waals surface area contributed by atoms with Gasteiger partial charge in [-0.05, 0) is 25.2 Å². The van der Waals surface area contributed by atoms with Crippen molar-refractivity contribution in [3.05, 3.63) is 41.8 Å². The predicted octanol–water partition coefficient (Wildman–Crippen LogP) is 2.61. The normalized spacial score (nSPS) is 12.4. The lowest BCUT2D eigenvalue weighted by molar-refractivity contribution is -0.137. The number of halogens is 3. The number of hydrogen-bond donors (Lipinski definition) is 0. The topological polar surface area (TPSA) is 60.0 Å². The highest BCUT2D eigenvalue weighted by atomic mass is 19.4. The lowest BCUT2D eigenvalue weighted by Gasteiger charge is -2.13. The third-order valence-electron chi connectivity index (χ3n) is 3.38.